The average molecular weight is 265 g/mol. The van der Waals surface area contributed by atoms with Gasteiger partial charge >= 0.3 is 5.97 Å². The Morgan fingerprint density at radius 3 is 3.00 bits per heavy atom. The molecule has 72 valence electrons. The van der Waals surface area contributed by atoms with E-state index in [1.165, 1.54) is 18.3 Å². The molecule has 13 heavy (non-hydrogen) atoms. The molecule has 5 heteroatoms. The Balaban J connectivity index is 2.39. The minimum absolute atomic E-state index is 0.351. The molecule has 1 atom stereocenters. The van der Waals surface area contributed by atoms with Crippen LogP contribution >= 0.6 is 27.3 Å². The van der Waals surface area contributed by atoms with Gasteiger partial charge in [-0.05, 0) is 28.9 Å². The van der Waals surface area contributed by atoms with Crippen molar-refractivity contribution in [3.63, 3.8) is 0 Å². The minimum atomic E-state index is -0.935. The molecule has 0 aliphatic rings. The van der Waals surface area contributed by atoms with E-state index in [2.05, 4.69) is 15.9 Å². The molecule has 3 nitrogen and oxygen atoms in total. The van der Waals surface area contributed by atoms with Crippen molar-refractivity contribution in [2.24, 2.45) is 0 Å². The Kier molecular flexibility index (Phi) is 3.90. The van der Waals surface area contributed by atoms with Crippen LogP contribution in [-0.4, -0.2) is 17.2 Å². The van der Waals surface area contributed by atoms with E-state index in [0.29, 0.717) is 6.61 Å². The molecule has 0 amide bonds. The summed E-state index contributed by atoms with van der Waals surface area (Å²) >= 11 is 4.85. The molecular formula is C8H9BrO3S. The van der Waals surface area contributed by atoms with E-state index in [-0.39, 0.29) is 0 Å². The fourth-order valence-electron chi connectivity index (χ4n) is 0.708. The van der Waals surface area contributed by atoms with Gasteiger partial charge in [-0.3, -0.25) is 0 Å². The van der Waals surface area contributed by atoms with Gasteiger partial charge in [-0.25, -0.2) is 4.79 Å². The van der Waals surface area contributed by atoms with Gasteiger partial charge < -0.3 is 9.84 Å². The Morgan fingerprint density at radius 2 is 2.54 bits per heavy atom. The molecule has 0 spiro atoms. The first-order valence-corrected chi connectivity index (χ1v) is 5.34. The second kappa shape index (κ2) is 4.74. The lowest BCUT2D eigenvalue weighted by molar-refractivity contribution is -0.149. The van der Waals surface area contributed by atoms with Crippen LogP contribution in [0.1, 0.15) is 11.8 Å². The molecule has 0 saturated carbocycles. The topological polar surface area (TPSA) is 46.5 Å². The van der Waals surface area contributed by atoms with Gasteiger partial charge in [0.1, 0.15) is 0 Å². The van der Waals surface area contributed by atoms with Crippen molar-refractivity contribution in [3.8, 4) is 0 Å². The standard InChI is InChI=1S/C8H9BrO3S/c1-5(8(10)11)12-3-7-2-6(9)4-13-7/h2,4-5H,3H2,1H3,(H,10,11)/t5-/m1/s1. The van der Waals surface area contributed by atoms with Crippen LogP contribution in [0.5, 0.6) is 0 Å². The number of carboxylic acids is 1. The number of rotatable bonds is 4. The maximum absolute atomic E-state index is 10.4. The van der Waals surface area contributed by atoms with E-state index in [0.717, 1.165) is 9.35 Å². The van der Waals surface area contributed by atoms with E-state index in [4.69, 9.17) is 9.84 Å². The number of carboxylic acid groups (broad SMARTS) is 1. The van der Waals surface area contributed by atoms with Gasteiger partial charge in [-0.15, -0.1) is 11.3 Å². The molecule has 0 fully saturated rings. The maximum Gasteiger partial charge on any atom is 0.332 e. The molecular weight excluding hydrogens is 256 g/mol. The second-order valence-corrected chi connectivity index (χ2v) is 4.43. The van der Waals surface area contributed by atoms with Gasteiger partial charge in [0.2, 0.25) is 0 Å². The molecule has 0 aromatic carbocycles. The van der Waals surface area contributed by atoms with Crippen LogP contribution < -0.4 is 0 Å². The third-order valence-electron chi connectivity index (χ3n) is 1.45. The van der Waals surface area contributed by atoms with E-state index in [1.807, 2.05) is 11.4 Å². The van der Waals surface area contributed by atoms with E-state index in [9.17, 15) is 4.79 Å². The molecule has 0 aliphatic heterocycles. The number of aliphatic carboxylic acids is 1. The number of carbonyl (C=O) groups is 1. The number of hydrogen-bond donors (Lipinski definition) is 1. The first kappa shape index (κ1) is 10.7. The van der Waals surface area contributed by atoms with Crippen LogP contribution in [0, 0.1) is 0 Å². The van der Waals surface area contributed by atoms with Crippen molar-refractivity contribution in [2.45, 2.75) is 19.6 Å². The molecule has 0 bridgehead atoms. The quantitative estimate of drug-likeness (QED) is 0.909. The Labute approximate surface area is 88.5 Å². The lowest BCUT2D eigenvalue weighted by Gasteiger charge is -2.05. The van der Waals surface area contributed by atoms with Crippen molar-refractivity contribution in [3.05, 3.63) is 20.8 Å². The first-order valence-electron chi connectivity index (χ1n) is 3.67. The number of thiophene rings is 1. The predicted molar refractivity (Wildman–Crippen MR) is 53.9 cm³/mol. The number of ether oxygens (including phenoxy) is 1. The first-order chi connectivity index (χ1) is 6.09. The third-order valence-corrected chi connectivity index (χ3v) is 3.12. The lowest BCUT2D eigenvalue weighted by atomic mass is 10.4. The zero-order valence-electron chi connectivity index (χ0n) is 6.99. The van der Waals surface area contributed by atoms with Gasteiger partial charge in [-0.2, -0.15) is 0 Å². The van der Waals surface area contributed by atoms with Crippen molar-refractivity contribution in [1.29, 1.82) is 0 Å². The van der Waals surface area contributed by atoms with Gasteiger partial charge in [0, 0.05) is 14.7 Å². The van der Waals surface area contributed by atoms with Crippen LogP contribution in [0.3, 0.4) is 0 Å². The summed E-state index contributed by atoms with van der Waals surface area (Å²) in [5.74, 6) is -0.935. The van der Waals surface area contributed by atoms with Crippen LogP contribution in [0.2, 0.25) is 0 Å². The van der Waals surface area contributed by atoms with E-state index in [1.54, 1.807) is 0 Å². The highest BCUT2D eigenvalue weighted by molar-refractivity contribution is 9.10. The van der Waals surface area contributed by atoms with Crippen LogP contribution in [0.25, 0.3) is 0 Å². The number of hydrogen-bond acceptors (Lipinski definition) is 3. The molecule has 1 aromatic heterocycles. The molecule has 0 aliphatic carbocycles. The molecule has 1 N–H and O–H groups in total. The fourth-order valence-corrected chi connectivity index (χ4v) is 2.08. The Hall–Kier alpha value is -0.390. The van der Waals surface area contributed by atoms with Gasteiger partial charge in [0.15, 0.2) is 6.10 Å². The predicted octanol–water partition coefficient (Wildman–Crippen LogP) is 2.50. The molecule has 1 rings (SSSR count). The Morgan fingerprint density at radius 1 is 1.85 bits per heavy atom. The minimum Gasteiger partial charge on any atom is -0.479 e. The molecule has 1 heterocycles. The summed E-state index contributed by atoms with van der Waals surface area (Å²) in [6.45, 7) is 1.87. The SMILES string of the molecule is C[C@@H](OCc1cc(Br)cs1)C(=O)O. The van der Waals surface area contributed by atoms with E-state index >= 15 is 0 Å². The summed E-state index contributed by atoms with van der Waals surface area (Å²) in [7, 11) is 0. The average Bonchev–Trinajstić information content (AvgIpc) is 2.47. The van der Waals surface area contributed by atoms with Crippen molar-refractivity contribution >= 4 is 33.2 Å². The summed E-state index contributed by atoms with van der Waals surface area (Å²) in [5.41, 5.74) is 0. The zero-order chi connectivity index (χ0) is 9.84. The molecule has 0 radical (unpaired) electrons. The maximum atomic E-state index is 10.4. The van der Waals surface area contributed by atoms with Gasteiger partial charge in [0.25, 0.3) is 0 Å². The van der Waals surface area contributed by atoms with Crippen molar-refractivity contribution < 1.29 is 14.6 Å². The smallest absolute Gasteiger partial charge is 0.332 e. The fraction of sp³-hybridized carbons (Fsp3) is 0.375. The Bertz CT molecular complexity index is 297. The monoisotopic (exact) mass is 264 g/mol. The summed E-state index contributed by atoms with van der Waals surface area (Å²) in [4.78, 5) is 11.4. The van der Waals surface area contributed by atoms with Crippen molar-refractivity contribution in [2.75, 3.05) is 0 Å². The largest absolute Gasteiger partial charge is 0.479 e. The highest BCUT2D eigenvalue weighted by Crippen LogP contribution is 2.20. The van der Waals surface area contributed by atoms with E-state index < -0.39 is 12.1 Å². The summed E-state index contributed by atoms with van der Waals surface area (Å²) < 4.78 is 6.09. The van der Waals surface area contributed by atoms with Crippen LogP contribution in [-0.2, 0) is 16.1 Å². The summed E-state index contributed by atoms with van der Waals surface area (Å²) in [5, 5.41) is 10.5. The lowest BCUT2D eigenvalue weighted by Crippen LogP contribution is -2.19. The summed E-state index contributed by atoms with van der Waals surface area (Å²) in [6, 6.07) is 1.92. The zero-order valence-corrected chi connectivity index (χ0v) is 9.39. The summed E-state index contributed by atoms with van der Waals surface area (Å²) in [6.07, 6.45) is -0.749. The number of halogens is 1. The molecule has 0 unspecified atom stereocenters. The normalized spacial score (nSPS) is 12.8. The molecule has 0 saturated heterocycles. The van der Waals surface area contributed by atoms with Crippen LogP contribution in [0.4, 0.5) is 0 Å². The second-order valence-electron chi connectivity index (χ2n) is 2.52. The van der Waals surface area contributed by atoms with Crippen LogP contribution in [0.15, 0.2) is 15.9 Å². The highest BCUT2D eigenvalue weighted by atomic mass is 79.9. The highest BCUT2D eigenvalue weighted by Gasteiger charge is 2.11. The third kappa shape index (κ3) is 3.46. The van der Waals surface area contributed by atoms with Gasteiger partial charge in [0.05, 0.1) is 6.61 Å². The van der Waals surface area contributed by atoms with Gasteiger partial charge in [-0.1, -0.05) is 0 Å². The van der Waals surface area contributed by atoms with Crippen molar-refractivity contribution in [1.82, 2.24) is 0 Å². The molecule has 1 aromatic rings.